The molecule has 1 aromatic carbocycles. The first-order valence-electron chi connectivity index (χ1n) is 6.94. The number of hydrogen-bond acceptors (Lipinski definition) is 3. The van der Waals surface area contributed by atoms with Gasteiger partial charge in [0.2, 0.25) is 0 Å². The van der Waals surface area contributed by atoms with Crippen LogP contribution in [-0.4, -0.2) is 34.9 Å². The minimum Gasteiger partial charge on any atom is -0.508 e. The van der Waals surface area contributed by atoms with Crippen LogP contribution in [0.2, 0.25) is 0 Å². The molecule has 0 aliphatic carbocycles. The molecule has 0 radical (unpaired) electrons. The number of aliphatic hydroxyl groups is 1. The summed E-state index contributed by atoms with van der Waals surface area (Å²) < 4.78 is 0. The van der Waals surface area contributed by atoms with Gasteiger partial charge in [-0.2, -0.15) is 0 Å². The molecule has 0 aliphatic heterocycles. The molecule has 0 bridgehead atoms. The number of phenols is 1. The lowest BCUT2D eigenvalue weighted by Crippen LogP contribution is -2.52. The molecule has 0 aliphatic rings. The van der Waals surface area contributed by atoms with E-state index in [4.69, 9.17) is 0 Å². The molecular weight excluding hydrogens is 256 g/mol. The third-order valence-electron chi connectivity index (χ3n) is 3.18. The SMILES string of the molecule is CCCC(C)(CO)NC(=O)NCCc1cccc(O)c1. The predicted octanol–water partition coefficient (Wildman–Crippen LogP) is 1.78. The van der Waals surface area contributed by atoms with Crippen molar-refractivity contribution < 1.29 is 15.0 Å². The van der Waals surface area contributed by atoms with Crippen LogP contribution in [-0.2, 0) is 6.42 Å². The molecule has 5 nitrogen and oxygen atoms in total. The predicted molar refractivity (Wildman–Crippen MR) is 78.7 cm³/mol. The van der Waals surface area contributed by atoms with Crippen LogP contribution < -0.4 is 10.6 Å². The molecule has 0 saturated carbocycles. The number of urea groups is 1. The van der Waals surface area contributed by atoms with E-state index in [0.29, 0.717) is 13.0 Å². The number of carbonyl (C=O) groups excluding carboxylic acids is 1. The van der Waals surface area contributed by atoms with Crippen molar-refractivity contribution in [2.75, 3.05) is 13.2 Å². The highest BCUT2D eigenvalue weighted by Crippen LogP contribution is 2.12. The van der Waals surface area contributed by atoms with Gasteiger partial charge in [0.05, 0.1) is 12.1 Å². The maximum Gasteiger partial charge on any atom is 0.315 e. The minimum absolute atomic E-state index is 0.0825. The Morgan fingerprint density at radius 3 is 2.75 bits per heavy atom. The second kappa shape index (κ2) is 7.75. The van der Waals surface area contributed by atoms with E-state index in [-0.39, 0.29) is 18.4 Å². The normalized spacial score (nSPS) is 13.6. The van der Waals surface area contributed by atoms with Gasteiger partial charge in [-0.25, -0.2) is 4.79 Å². The molecule has 0 saturated heterocycles. The van der Waals surface area contributed by atoms with Gasteiger partial charge in [-0.15, -0.1) is 0 Å². The second-order valence-corrected chi connectivity index (χ2v) is 5.27. The number of aromatic hydroxyl groups is 1. The van der Waals surface area contributed by atoms with Crippen LogP contribution in [0.4, 0.5) is 4.79 Å². The first-order valence-corrected chi connectivity index (χ1v) is 6.94. The lowest BCUT2D eigenvalue weighted by molar-refractivity contribution is 0.163. The maximum absolute atomic E-state index is 11.8. The highest BCUT2D eigenvalue weighted by molar-refractivity contribution is 5.74. The van der Waals surface area contributed by atoms with Gasteiger partial charge in [0.15, 0.2) is 0 Å². The van der Waals surface area contributed by atoms with E-state index in [9.17, 15) is 15.0 Å². The van der Waals surface area contributed by atoms with E-state index in [1.807, 2.05) is 19.9 Å². The zero-order valence-electron chi connectivity index (χ0n) is 12.1. The smallest absolute Gasteiger partial charge is 0.315 e. The zero-order valence-corrected chi connectivity index (χ0v) is 12.1. The Bertz CT molecular complexity index is 437. The summed E-state index contributed by atoms with van der Waals surface area (Å²) in [5.41, 5.74) is 0.382. The van der Waals surface area contributed by atoms with Crippen molar-refractivity contribution in [1.82, 2.24) is 10.6 Å². The second-order valence-electron chi connectivity index (χ2n) is 5.27. The van der Waals surface area contributed by atoms with Gasteiger partial charge >= 0.3 is 6.03 Å². The van der Waals surface area contributed by atoms with Gasteiger partial charge in [-0.3, -0.25) is 0 Å². The van der Waals surface area contributed by atoms with E-state index >= 15 is 0 Å². The number of aliphatic hydroxyl groups excluding tert-OH is 1. The number of nitrogens with one attached hydrogen (secondary N) is 2. The van der Waals surface area contributed by atoms with Crippen molar-refractivity contribution in [3.8, 4) is 5.75 Å². The molecular formula is C15H24N2O3. The average molecular weight is 280 g/mol. The highest BCUT2D eigenvalue weighted by atomic mass is 16.3. The summed E-state index contributed by atoms with van der Waals surface area (Å²) in [4.78, 5) is 11.8. The molecule has 2 amide bonds. The number of benzene rings is 1. The summed E-state index contributed by atoms with van der Waals surface area (Å²) >= 11 is 0. The third-order valence-corrected chi connectivity index (χ3v) is 3.18. The fourth-order valence-electron chi connectivity index (χ4n) is 2.08. The lowest BCUT2D eigenvalue weighted by atomic mass is 9.98. The molecule has 1 rings (SSSR count). The average Bonchev–Trinajstić information content (AvgIpc) is 2.39. The maximum atomic E-state index is 11.8. The van der Waals surface area contributed by atoms with Crippen molar-refractivity contribution in [1.29, 1.82) is 0 Å². The Morgan fingerprint density at radius 2 is 2.15 bits per heavy atom. The Balaban J connectivity index is 2.36. The summed E-state index contributed by atoms with van der Waals surface area (Å²) in [6.45, 7) is 4.23. The number of carbonyl (C=O) groups is 1. The Morgan fingerprint density at radius 1 is 1.40 bits per heavy atom. The molecule has 0 spiro atoms. The Labute approximate surface area is 120 Å². The number of amides is 2. The van der Waals surface area contributed by atoms with Crippen LogP contribution in [0, 0.1) is 0 Å². The Hall–Kier alpha value is -1.75. The van der Waals surface area contributed by atoms with Crippen LogP contribution in [0.1, 0.15) is 32.3 Å². The van der Waals surface area contributed by atoms with E-state index in [0.717, 1.165) is 18.4 Å². The van der Waals surface area contributed by atoms with Gasteiger partial charge in [0.25, 0.3) is 0 Å². The summed E-state index contributed by atoms with van der Waals surface area (Å²) in [6.07, 6.45) is 2.26. The van der Waals surface area contributed by atoms with E-state index in [2.05, 4.69) is 10.6 Å². The fourth-order valence-corrected chi connectivity index (χ4v) is 2.08. The monoisotopic (exact) mass is 280 g/mol. The molecule has 1 aromatic rings. The highest BCUT2D eigenvalue weighted by Gasteiger charge is 2.24. The molecule has 1 unspecified atom stereocenters. The first kappa shape index (κ1) is 16.3. The molecule has 0 fully saturated rings. The van der Waals surface area contributed by atoms with Gasteiger partial charge in [0.1, 0.15) is 5.75 Å². The van der Waals surface area contributed by atoms with Crippen LogP contribution in [0.15, 0.2) is 24.3 Å². The molecule has 5 heteroatoms. The minimum atomic E-state index is -0.580. The summed E-state index contributed by atoms with van der Waals surface area (Å²) in [7, 11) is 0. The van der Waals surface area contributed by atoms with Crippen LogP contribution in [0.5, 0.6) is 5.75 Å². The molecule has 112 valence electrons. The topological polar surface area (TPSA) is 81.6 Å². The van der Waals surface area contributed by atoms with Gasteiger partial charge in [-0.05, 0) is 37.5 Å². The number of phenolic OH excluding ortho intramolecular Hbond substituents is 1. The standard InChI is InChI=1S/C15H24N2O3/c1-3-8-15(2,11-18)17-14(20)16-9-7-12-5-4-6-13(19)10-12/h4-6,10,18-19H,3,7-9,11H2,1-2H3,(H2,16,17,20). The van der Waals surface area contributed by atoms with Gasteiger partial charge < -0.3 is 20.8 Å². The van der Waals surface area contributed by atoms with Crippen molar-refractivity contribution in [3.63, 3.8) is 0 Å². The summed E-state index contributed by atoms with van der Waals surface area (Å²) in [5.74, 6) is 0.225. The largest absolute Gasteiger partial charge is 0.508 e. The molecule has 1 atom stereocenters. The van der Waals surface area contributed by atoms with Crippen molar-refractivity contribution in [2.24, 2.45) is 0 Å². The molecule has 20 heavy (non-hydrogen) atoms. The van der Waals surface area contributed by atoms with Crippen molar-refractivity contribution in [2.45, 2.75) is 38.6 Å². The van der Waals surface area contributed by atoms with E-state index < -0.39 is 5.54 Å². The number of hydrogen-bond donors (Lipinski definition) is 4. The van der Waals surface area contributed by atoms with Gasteiger partial charge in [0, 0.05) is 6.54 Å². The zero-order chi connectivity index (χ0) is 15.0. The van der Waals surface area contributed by atoms with Crippen molar-refractivity contribution >= 4 is 6.03 Å². The van der Waals surface area contributed by atoms with E-state index in [1.54, 1.807) is 18.2 Å². The van der Waals surface area contributed by atoms with Crippen molar-refractivity contribution in [3.05, 3.63) is 29.8 Å². The lowest BCUT2D eigenvalue weighted by Gasteiger charge is -2.28. The summed E-state index contributed by atoms with van der Waals surface area (Å²) in [5, 5.41) is 24.2. The molecule has 4 N–H and O–H groups in total. The quantitative estimate of drug-likeness (QED) is 0.614. The third kappa shape index (κ3) is 5.48. The number of rotatable bonds is 7. The summed E-state index contributed by atoms with van der Waals surface area (Å²) in [6, 6.07) is 6.67. The molecule has 0 heterocycles. The van der Waals surface area contributed by atoms with Crippen LogP contribution >= 0.6 is 0 Å². The molecule has 0 aromatic heterocycles. The fraction of sp³-hybridized carbons (Fsp3) is 0.533. The first-order chi connectivity index (χ1) is 9.49. The van der Waals surface area contributed by atoms with Gasteiger partial charge in [-0.1, -0.05) is 25.5 Å². The Kier molecular flexibility index (Phi) is 6.31. The van der Waals surface area contributed by atoms with Crippen LogP contribution in [0.25, 0.3) is 0 Å². The van der Waals surface area contributed by atoms with Crippen LogP contribution in [0.3, 0.4) is 0 Å². The van der Waals surface area contributed by atoms with E-state index in [1.165, 1.54) is 0 Å².